The van der Waals surface area contributed by atoms with E-state index in [0.29, 0.717) is 0 Å². The molecule has 0 unspecified atom stereocenters. The highest BCUT2D eigenvalue weighted by Crippen LogP contribution is 2.56. The van der Waals surface area contributed by atoms with E-state index in [1.54, 1.807) is 0 Å². The Kier molecular flexibility index (Phi) is 7.26. The van der Waals surface area contributed by atoms with Crippen molar-refractivity contribution in [2.24, 2.45) is 0 Å². The van der Waals surface area contributed by atoms with Crippen LogP contribution < -0.4 is 4.90 Å². The summed E-state index contributed by atoms with van der Waals surface area (Å²) in [5.41, 5.74) is 16.8. The lowest BCUT2D eigenvalue weighted by molar-refractivity contribution is 1.18. The van der Waals surface area contributed by atoms with Crippen molar-refractivity contribution in [1.29, 1.82) is 0 Å². The van der Waals surface area contributed by atoms with Gasteiger partial charge in [0.15, 0.2) is 0 Å². The molecule has 0 aliphatic heterocycles. The Bertz CT molecular complexity index is 3390. The van der Waals surface area contributed by atoms with Crippen LogP contribution in [0.15, 0.2) is 218 Å². The molecule has 0 amide bonds. The fourth-order valence-corrected chi connectivity index (χ4v) is 9.59. The van der Waals surface area contributed by atoms with Crippen LogP contribution in [0, 0.1) is 0 Å². The molecule has 10 aromatic carbocycles. The van der Waals surface area contributed by atoms with Crippen LogP contribution in [0.2, 0.25) is 0 Å². The van der Waals surface area contributed by atoms with Gasteiger partial charge in [0.1, 0.15) is 0 Å². The topological polar surface area (TPSA) is 8.17 Å². The summed E-state index contributed by atoms with van der Waals surface area (Å²) in [4.78, 5) is 2.50. The van der Waals surface area contributed by atoms with Gasteiger partial charge in [-0.2, -0.15) is 0 Å². The molecule has 0 fully saturated rings. The zero-order chi connectivity index (χ0) is 38.2. The average molecular weight is 737 g/mol. The third kappa shape index (κ3) is 4.92. The van der Waals surface area contributed by atoms with Gasteiger partial charge in [-0.15, -0.1) is 0 Å². The molecule has 270 valence electrons. The van der Waals surface area contributed by atoms with Crippen molar-refractivity contribution in [2.45, 2.75) is 0 Å². The van der Waals surface area contributed by atoms with Gasteiger partial charge in [-0.25, -0.2) is 0 Å². The zero-order valence-electron chi connectivity index (χ0n) is 31.7. The van der Waals surface area contributed by atoms with E-state index in [1.165, 1.54) is 82.3 Å². The summed E-state index contributed by atoms with van der Waals surface area (Å²) >= 11 is 0. The van der Waals surface area contributed by atoms with Crippen molar-refractivity contribution in [3.63, 3.8) is 0 Å². The van der Waals surface area contributed by atoms with Crippen LogP contribution >= 0.6 is 0 Å². The highest BCUT2D eigenvalue weighted by molar-refractivity contribution is 6.26. The van der Waals surface area contributed by atoms with Crippen LogP contribution in [0.5, 0.6) is 0 Å². The van der Waals surface area contributed by atoms with Crippen molar-refractivity contribution in [2.75, 3.05) is 4.90 Å². The molecule has 1 heterocycles. The van der Waals surface area contributed by atoms with Gasteiger partial charge >= 0.3 is 0 Å². The summed E-state index contributed by atoms with van der Waals surface area (Å²) in [6.07, 6.45) is 0. The molecule has 2 heteroatoms. The molecule has 1 aliphatic carbocycles. The number of aromatic nitrogens is 1. The lowest BCUT2D eigenvalue weighted by Gasteiger charge is -2.29. The molecule has 11 aromatic rings. The first-order chi connectivity index (χ1) is 28.8. The Labute approximate surface area is 337 Å². The summed E-state index contributed by atoms with van der Waals surface area (Å²) < 4.78 is 2.47. The number of hydrogen-bond donors (Lipinski definition) is 0. The van der Waals surface area contributed by atoms with Crippen LogP contribution in [-0.4, -0.2) is 4.57 Å². The van der Waals surface area contributed by atoms with E-state index in [1.807, 2.05) is 0 Å². The maximum atomic E-state index is 2.50. The van der Waals surface area contributed by atoms with Gasteiger partial charge in [-0.05, 0) is 97.9 Å². The number of rotatable bonds is 6. The first-order valence-corrected chi connectivity index (χ1v) is 20.0. The molecule has 0 bridgehead atoms. The third-order valence-corrected chi connectivity index (χ3v) is 12.1. The fraction of sp³-hybridized carbons (Fsp3) is 0. The number of fused-ring (bicyclic) bond motifs is 8. The minimum absolute atomic E-state index is 1.10. The van der Waals surface area contributed by atoms with Gasteiger partial charge in [0.05, 0.1) is 22.4 Å². The Morgan fingerprint density at radius 2 is 0.948 bits per heavy atom. The second kappa shape index (κ2) is 12.9. The monoisotopic (exact) mass is 736 g/mol. The van der Waals surface area contributed by atoms with E-state index in [2.05, 4.69) is 228 Å². The Morgan fingerprint density at radius 1 is 0.328 bits per heavy atom. The minimum Gasteiger partial charge on any atom is -0.310 e. The maximum Gasteiger partial charge on any atom is 0.0562 e. The highest BCUT2D eigenvalue weighted by atomic mass is 15.1. The molecule has 0 atom stereocenters. The van der Waals surface area contributed by atoms with Gasteiger partial charge < -0.3 is 9.47 Å². The predicted molar refractivity (Wildman–Crippen MR) is 246 cm³/mol. The van der Waals surface area contributed by atoms with E-state index in [9.17, 15) is 0 Å². The van der Waals surface area contributed by atoms with Gasteiger partial charge in [-0.1, -0.05) is 170 Å². The minimum atomic E-state index is 1.10. The quantitative estimate of drug-likeness (QED) is 0.154. The van der Waals surface area contributed by atoms with Crippen LogP contribution in [0.4, 0.5) is 17.1 Å². The average Bonchev–Trinajstić information content (AvgIpc) is 3.81. The number of nitrogens with zero attached hydrogens (tertiary/aromatic N) is 2. The molecule has 58 heavy (non-hydrogen) atoms. The summed E-state index contributed by atoms with van der Waals surface area (Å²) in [5, 5.41) is 7.59. The first kappa shape index (κ1) is 32.6. The molecule has 0 spiro atoms. The summed E-state index contributed by atoms with van der Waals surface area (Å²) in [7, 11) is 0. The van der Waals surface area contributed by atoms with E-state index < -0.39 is 0 Å². The van der Waals surface area contributed by atoms with Crippen molar-refractivity contribution >= 4 is 60.4 Å². The second-order valence-corrected chi connectivity index (χ2v) is 15.3. The normalized spacial score (nSPS) is 11.8. The second-order valence-electron chi connectivity index (χ2n) is 15.3. The highest BCUT2D eigenvalue weighted by Gasteiger charge is 2.29. The Balaban J connectivity index is 1.16. The van der Waals surface area contributed by atoms with Gasteiger partial charge in [-0.3, -0.25) is 0 Å². The molecule has 0 radical (unpaired) electrons. The van der Waals surface area contributed by atoms with Crippen LogP contribution in [-0.2, 0) is 0 Å². The third-order valence-electron chi connectivity index (χ3n) is 12.1. The van der Waals surface area contributed by atoms with Crippen molar-refractivity contribution in [1.82, 2.24) is 4.57 Å². The fourth-order valence-electron chi connectivity index (χ4n) is 9.59. The van der Waals surface area contributed by atoms with E-state index >= 15 is 0 Å². The molecule has 12 rings (SSSR count). The van der Waals surface area contributed by atoms with Crippen molar-refractivity contribution in [3.8, 4) is 50.2 Å². The van der Waals surface area contributed by atoms with E-state index in [4.69, 9.17) is 0 Å². The van der Waals surface area contributed by atoms with E-state index in [0.717, 1.165) is 28.3 Å². The van der Waals surface area contributed by atoms with E-state index in [-0.39, 0.29) is 0 Å². The summed E-state index contributed by atoms with van der Waals surface area (Å²) in [5.74, 6) is 0. The molecule has 1 aliphatic rings. The number of hydrogen-bond acceptors (Lipinski definition) is 1. The molecule has 0 saturated carbocycles. The number of para-hydroxylation sites is 2. The van der Waals surface area contributed by atoms with Gasteiger partial charge in [0.2, 0.25) is 0 Å². The zero-order valence-corrected chi connectivity index (χ0v) is 31.7. The first-order valence-electron chi connectivity index (χ1n) is 20.0. The predicted octanol–water partition coefficient (Wildman–Crippen LogP) is 15.5. The molecular formula is C56H36N2. The number of anilines is 3. The van der Waals surface area contributed by atoms with Crippen LogP contribution in [0.3, 0.4) is 0 Å². The molecule has 0 N–H and O–H groups in total. The summed E-state index contributed by atoms with van der Waals surface area (Å²) in [6.45, 7) is 0. The number of benzene rings is 10. The van der Waals surface area contributed by atoms with Crippen LogP contribution in [0.1, 0.15) is 0 Å². The smallest absolute Gasteiger partial charge is 0.0562 e. The largest absolute Gasteiger partial charge is 0.310 e. The van der Waals surface area contributed by atoms with Crippen LogP contribution in [0.25, 0.3) is 93.5 Å². The van der Waals surface area contributed by atoms with Crippen molar-refractivity contribution in [3.05, 3.63) is 218 Å². The SMILES string of the molecule is c1ccc(-c2cccc(N(c3ccc4c5ccccc5n(-c5ccccc5-c5ccccc5)c4c3)c3cccc4c3-c3c5ccccc5cc5cccc-4c35)c2)cc1. The van der Waals surface area contributed by atoms with Gasteiger partial charge in [0, 0.05) is 38.8 Å². The molecular weight excluding hydrogens is 701 g/mol. The Morgan fingerprint density at radius 3 is 1.83 bits per heavy atom. The maximum absolute atomic E-state index is 2.50. The lowest BCUT2D eigenvalue weighted by atomic mass is 9.94. The Hall–Kier alpha value is -7.68. The molecule has 1 aromatic heterocycles. The summed E-state index contributed by atoms with van der Waals surface area (Å²) in [6, 6.07) is 80.0. The molecule has 0 saturated heterocycles. The van der Waals surface area contributed by atoms with Crippen molar-refractivity contribution < 1.29 is 0 Å². The lowest BCUT2D eigenvalue weighted by Crippen LogP contribution is -2.11. The molecule has 2 nitrogen and oxygen atoms in total. The standard InChI is InChI=1S/C56H36N2/c1-3-16-37(17-4-1)39-21-13-23-42(35-39)57(52-31-15-28-49-48-27-14-22-41-34-40-20-7-8-25-45(40)56(54(41)48)55(49)52)43-32-33-47-46-26-10-12-30-51(46)58(53(47)36-43)50-29-11-9-24-44(50)38-18-5-2-6-19-38/h1-36H. The van der Waals surface area contributed by atoms with Gasteiger partial charge in [0.25, 0.3) is 0 Å².